The maximum absolute atomic E-state index is 13.3. The van der Waals surface area contributed by atoms with Crippen LogP contribution in [0.4, 0.5) is 15.8 Å². The molecule has 0 aliphatic heterocycles. The van der Waals surface area contributed by atoms with Crippen LogP contribution in [-0.4, -0.2) is 16.4 Å². The molecule has 0 radical (unpaired) electrons. The largest absolute Gasteiger partial charge is 0.326 e. The average molecular weight is 379 g/mol. The van der Waals surface area contributed by atoms with E-state index in [0.29, 0.717) is 16.9 Å². The SMILES string of the molecule is CC(=O)Nc1ccc(NC(=O)c2cccn(Cc3cccc(F)c3)c2=O)cc1. The van der Waals surface area contributed by atoms with E-state index in [1.54, 1.807) is 48.7 Å². The fourth-order valence-electron chi connectivity index (χ4n) is 2.70. The van der Waals surface area contributed by atoms with Gasteiger partial charge in [0.2, 0.25) is 5.91 Å². The molecule has 7 heteroatoms. The van der Waals surface area contributed by atoms with Gasteiger partial charge >= 0.3 is 0 Å². The Kier molecular flexibility index (Phi) is 5.64. The average Bonchev–Trinajstić information content (AvgIpc) is 2.64. The third kappa shape index (κ3) is 4.70. The summed E-state index contributed by atoms with van der Waals surface area (Å²) in [6.45, 7) is 1.56. The molecule has 0 bridgehead atoms. The van der Waals surface area contributed by atoms with Gasteiger partial charge in [0.05, 0.1) is 6.54 Å². The molecule has 1 heterocycles. The van der Waals surface area contributed by atoms with Crippen molar-refractivity contribution in [3.8, 4) is 0 Å². The van der Waals surface area contributed by atoms with Crippen molar-refractivity contribution in [2.75, 3.05) is 10.6 Å². The summed E-state index contributed by atoms with van der Waals surface area (Å²) < 4.78 is 14.7. The molecule has 1 aromatic heterocycles. The van der Waals surface area contributed by atoms with Crippen LogP contribution in [0.5, 0.6) is 0 Å². The maximum atomic E-state index is 13.3. The zero-order valence-corrected chi connectivity index (χ0v) is 15.1. The Hall–Kier alpha value is -3.74. The molecule has 28 heavy (non-hydrogen) atoms. The van der Waals surface area contributed by atoms with Gasteiger partial charge in [0.1, 0.15) is 11.4 Å². The van der Waals surface area contributed by atoms with Gasteiger partial charge in [0, 0.05) is 24.5 Å². The molecule has 0 aliphatic rings. The molecular formula is C21H18FN3O3. The second-order valence-electron chi connectivity index (χ2n) is 6.20. The van der Waals surface area contributed by atoms with E-state index in [-0.39, 0.29) is 23.8 Å². The molecule has 0 spiro atoms. The molecule has 0 aliphatic carbocycles. The Morgan fingerprint density at radius 3 is 2.29 bits per heavy atom. The van der Waals surface area contributed by atoms with Gasteiger partial charge in [-0.05, 0) is 54.1 Å². The molecule has 0 fully saturated rings. The molecule has 3 aromatic rings. The number of hydrogen-bond donors (Lipinski definition) is 2. The Morgan fingerprint density at radius 2 is 1.64 bits per heavy atom. The van der Waals surface area contributed by atoms with Crippen LogP contribution in [0.3, 0.4) is 0 Å². The molecule has 0 atom stereocenters. The summed E-state index contributed by atoms with van der Waals surface area (Å²) in [6, 6.07) is 15.5. The number of carbonyl (C=O) groups is 2. The number of carbonyl (C=O) groups excluding carboxylic acids is 2. The fraction of sp³-hybridized carbons (Fsp3) is 0.0952. The Balaban J connectivity index is 1.77. The van der Waals surface area contributed by atoms with Gasteiger partial charge < -0.3 is 15.2 Å². The van der Waals surface area contributed by atoms with Crippen LogP contribution in [0.25, 0.3) is 0 Å². The summed E-state index contributed by atoms with van der Waals surface area (Å²) in [6.07, 6.45) is 1.55. The number of benzene rings is 2. The summed E-state index contributed by atoms with van der Waals surface area (Å²) in [7, 11) is 0. The molecule has 3 rings (SSSR count). The van der Waals surface area contributed by atoms with E-state index >= 15 is 0 Å². The van der Waals surface area contributed by atoms with E-state index < -0.39 is 11.5 Å². The highest BCUT2D eigenvalue weighted by atomic mass is 19.1. The smallest absolute Gasteiger partial charge is 0.263 e. The minimum Gasteiger partial charge on any atom is -0.326 e. The first-order chi connectivity index (χ1) is 13.4. The van der Waals surface area contributed by atoms with Crippen molar-refractivity contribution in [1.29, 1.82) is 0 Å². The number of anilines is 2. The van der Waals surface area contributed by atoms with Gasteiger partial charge in [-0.25, -0.2) is 4.39 Å². The van der Waals surface area contributed by atoms with Crippen molar-refractivity contribution in [1.82, 2.24) is 4.57 Å². The number of aromatic nitrogens is 1. The second kappa shape index (κ2) is 8.30. The van der Waals surface area contributed by atoms with Crippen molar-refractivity contribution in [2.45, 2.75) is 13.5 Å². The van der Waals surface area contributed by atoms with E-state index in [4.69, 9.17) is 0 Å². The first-order valence-electron chi connectivity index (χ1n) is 8.55. The first-order valence-corrected chi connectivity index (χ1v) is 8.55. The lowest BCUT2D eigenvalue weighted by molar-refractivity contribution is -0.114. The van der Waals surface area contributed by atoms with E-state index in [2.05, 4.69) is 10.6 Å². The molecule has 142 valence electrons. The number of amides is 2. The second-order valence-corrected chi connectivity index (χ2v) is 6.20. The van der Waals surface area contributed by atoms with Crippen LogP contribution in [-0.2, 0) is 11.3 Å². The molecule has 0 saturated heterocycles. The van der Waals surface area contributed by atoms with Crippen molar-refractivity contribution in [2.24, 2.45) is 0 Å². The quantitative estimate of drug-likeness (QED) is 0.714. The van der Waals surface area contributed by atoms with Gasteiger partial charge in [-0.3, -0.25) is 14.4 Å². The monoisotopic (exact) mass is 379 g/mol. The van der Waals surface area contributed by atoms with Gasteiger partial charge in [-0.15, -0.1) is 0 Å². The van der Waals surface area contributed by atoms with Crippen molar-refractivity contribution >= 4 is 23.2 Å². The van der Waals surface area contributed by atoms with Crippen molar-refractivity contribution in [3.05, 3.63) is 94.2 Å². The number of nitrogens with zero attached hydrogens (tertiary/aromatic N) is 1. The Labute approximate surface area is 160 Å². The first kappa shape index (κ1) is 19.0. The molecule has 2 N–H and O–H groups in total. The lowest BCUT2D eigenvalue weighted by Gasteiger charge is -2.10. The van der Waals surface area contributed by atoms with Gasteiger partial charge in [-0.2, -0.15) is 0 Å². The highest BCUT2D eigenvalue weighted by Gasteiger charge is 2.13. The summed E-state index contributed by atoms with van der Waals surface area (Å²) in [5.74, 6) is -1.13. The standard InChI is InChI=1S/C21H18FN3O3/c1-14(26)23-17-7-9-18(10-8-17)24-20(27)19-6-3-11-25(21(19)28)13-15-4-2-5-16(22)12-15/h2-12H,13H2,1H3,(H,23,26)(H,24,27). The summed E-state index contributed by atoms with van der Waals surface area (Å²) in [5, 5.41) is 5.28. The lowest BCUT2D eigenvalue weighted by atomic mass is 10.2. The van der Waals surface area contributed by atoms with Crippen LogP contribution in [0, 0.1) is 5.82 Å². The number of pyridine rings is 1. The van der Waals surface area contributed by atoms with Crippen LogP contribution < -0.4 is 16.2 Å². The number of rotatable bonds is 5. The van der Waals surface area contributed by atoms with Crippen molar-refractivity contribution in [3.63, 3.8) is 0 Å². The van der Waals surface area contributed by atoms with E-state index in [1.807, 2.05) is 0 Å². The predicted molar refractivity (Wildman–Crippen MR) is 105 cm³/mol. The maximum Gasteiger partial charge on any atom is 0.263 e. The molecule has 2 aromatic carbocycles. The highest BCUT2D eigenvalue weighted by molar-refractivity contribution is 6.04. The Bertz CT molecular complexity index is 1070. The number of halogens is 1. The van der Waals surface area contributed by atoms with Crippen LogP contribution in [0.15, 0.2) is 71.7 Å². The van der Waals surface area contributed by atoms with Crippen LogP contribution >= 0.6 is 0 Å². The molecule has 0 unspecified atom stereocenters. The van der Waals surface area contributed by atoms with Crippen LogP contribution in [0.2, 0.25) is 0 Å². The summed E-state index contributed by atoms with van der Waals surface area (Å²) in [4.78, 5) is 36.2. The van der Waals surface area contributed by atoms with Gasteiger partial charge in [-0.1, -0.05) is 12.1 Å². The number of hydrogen-bond acceptors (Lipinski definition) is 3. The van der Waals surface area contributed by atoms with Gasteiger partial charge in [0.25, 0.3) is 11.5 Å². The minimum atomic E-state index is -0.550. The lowest BCUT2D eigenvalue weighted by Crippen LogP contribution is -2.29. The van der Waals surface area contributed by atoms with E-state index in [1.165, 1.54) is 29.7 Å². The molecule has 0 saturated carbocycles. The normalized spacial score (nSPS) is 10.4. The van der Waals surface area contributed by atoms with Gasteiger partial charge in [0.15, 0.2) is 0 Å². The zero-order chi connectivity index (χ0) is 20.1. The molecular weight excluding hydrogens is 361 g/mol. The van der Waals surface area contributed by atoms with Crippen LogP contribution in [0.1, 0.15) is 22.8 Å². The minimum absolute atomic E-state index is 0.0233. The summed E-state index contributed by atoms with van der Waals surface area (Å²) in [5.41, 5.74) is 1.21. The van der Waals surface area contributed by atoms with Crippen molar-refractivity contribution < 1.29 is 14.0 Å². The summed E-state index contributed by atoms with van der Waals surface area (Å²) >= 11 is 0. The van der Waals surface area contributed by atoms with E-state index in [0.717, 1.165) is 0 Å². The Morgan fingerprint density at radius 1 is 0.964 bits per heavy atom. The molecule has 2 amide bonds. The van der Waals surface area contributed by atoms with E-state index in [9.17, 15) is 18.8 Å². The number of nitrogens with one attached hydrogen (secondary N) is 2. The zero-order valence-electron chi connectivity index (χ0n) is 15.1. The predicted octanol–water partition coefficient (Wildman–Crippen LogP) is 3.25. The third-order valence-electron chi connectivity index (χ3n) is 3.97. The highest BCUT2D eigenvalue weighted by Crippen LogP contribution is 2.14. The topological polar surface area (TPSA) is 80.2 Å². The third-order valence-corrected chi connectivity index (χ3v) is 3.97. The molecule has 6 nitrogen and oxygen atoms in total. The fourth-order valence-corrected chi connectivity index (χ4v) is 2.70.